The van der Waals surface area contributed by atoms with E-state index in [-0.39, 0.29) is 0 Å². The molecule has 0 aliphatic carbocycles. The Morgan fingerprint density at radius 2 is 1.59 bits per heavy atom. The minimum Gasteiger partial charge on any atom is -0.497 e. The van der Waals surface area contributed by atoms with E-state index in [1.54, 1.807) is 7.11 Å². The number of hydrogen-bond donors (Lipinski definition) is 0. The van der Waals surface area contributed by atoms with Crippen molar-refractivity contribution >= 4 is 10.8 Å². The fourth-order valence-corrected chi connectivity index (χ4v) is 1.84. The van der Waals surface area contributed by atoms with Crippen LogP contribution in [0.15, 0.2) is 36.4 Å². The lowest BCUT2D eigenvalue weighted by molar-refractivity contribution is 0.415. The topological polar surface area (TPSA) is 9.23 Å². The van der Waals surface area contributed by atoms with Crippen molar-refractivity contribution in [2.24, 2.45) is 0 Å². The molecule has 0 fully saturated rings. The van der Waals surface area contributed by atoms with Gasteiger partial charge in [-0.2, -0.15) is 0 Å². The van der Waals surface area contributed by atoms with Crippen LogP contribution in [0.3, 0.4) is 0 Å². The van der Waals surface area contributed by atoms with Gasteiger partial charge in [-0.1, -0.05) is 51.5 Å². The summed E-state index contributed by atoms with van der Waals surface area (Å²) in [5.41, 5.74) is 1.41. The summed E-state index contributed by atoms with van der Waals surface area (Å²) in [6, 6.07) is 12.8. The van der Waals surface area contributed by atoms with Crippen molar-refractivity contribution in [1.82, 2.24) is 0 Å². The van der Waals surface area contributed by atoms with E-state index in [0.29, 0.717) is 0 Å². The third-order valence-electron chi connectivity index (χ3n) is 2.65. The van der Waals surface area contributed by atoms with E-state index in [2.05, 4.69) is 37.3 Å². The highest BCUT2D eigenvalue weighted by atomic mass is 16.5. The average molecular weight is 230 g/mol. The Morgan fingerprint density at radius 1 is 0.941 bits per heavy atom. The molecule has 0 heterocycles. The molecule has 17 heavy (non-hydrogen) atoms. The molecule has 0 saturated heterocycles. The first kappa shape index (κ1) is 13.6. The zero-order valence-electron chi connectivity index (χ0n) is 11.3. The predicted molar refractivity (Wildman–Crippen MR) is 75.8 cm³/mol. The summed E-state index contributed by atoms with van der Waals surface area (Å²) in [4.78, 5) is 0. The molecule has 0 N–H and O–H groups in total. The van der Waals surface area contributed by atoms with Gasteiger partial charge in [0.2, 0.25) is 0 Å². The van der Waals surface area contributed by atoms with Gasteiger partial charge in [0.05, 0.1) is 7.11 Å². The highest BCUT2D eigenvalue weighted by Gasteiger charge is 1.98. The molecule has 92 valence electrons. The fraction of sp³-hybridized carbons (Fsp3) is 0.375. The zero-order valence-corrected chi connectivity index (χ0v) is 11.3. The Balaban J connectivity index is 0.000000686. The van der Waals surface area contributed by atoms with E-state index in [9.17, 15) is 0 Å². The number of ether oxygens (including phenoxy) is 1. The number of aryl methyl sites for hydroxylation is 1. The fourth-order valence-electron chi connectivity index (χ4n) is 1.84. The van der Waals surface area contributed by atoms with Crippen LogP contribution < -0.4 is 4.74 Å². The number of methoxy groups -OCH3 is 1. The Labute approximate surface area is 104 Å². The molecule has 0 spiro atoms. The lowest BCUT2D eigenvalue weighted by Gasteiger charge is -2.04. The first-order valence-electron chi connectivity index (χ1n) is 6.40. The second-order valence-corrected chi connectivity index (χ2v) is 3.80. The van der Waals surface area contributed by atoms with Crippen molar-refractivity contribution in [1.29, 1.82) is 0 Å². The Kier molecular flexibility index (Phi) is 5.55. The van der Waals surface area contributed by atoms with E-state index in [0.717, 1.165) is 12.2 Å². The summed E-state index contributed by atoms with van der Waals surface area (Å²) < 4.78 is 5.20. The molecule has 0 saturated carbocycles. The van der Waals surface area contributed by atoms with Crippen LogP contribution in [0.4, 0.5) is 0 Å². The molecule has 1 heteroatoms. The van der Waals surface area contributed by atoms with Crippen LogP contribution in [0.2, 0.25) is 0 Å². The third-order valence-corrected chi connectivity index (χ3v) is 2.65. The quantitative estimate of drug-likeness (QED) is 0.734. The Hall–Kier alpha value is -1.50. The van der Waals surface area contributed by atoms with E-state index in [4.69, 9.17) is 4.74 Å². The van der Waals surface area contributed by atoms with Gasteiger partial charge in [0, 0.05) is 0 Å². The van der Waals surface area contributed by atoms with Gasteiger partial charge in [0.25, 0.3) is 0 Å². The van der Waals surface area contributed by atoms with Crippen molar-refractivity contribution in [2.75, 3.05) is 7.11 Å². The minimum atomic E-state index is 0.922. The van der Waals surface area contributed by atoms with E-state index in [1.807, 2.05) is 19.9 Å². The first-order valence-corrected chi connectivity index (χ1v) is 6.40. The van der Waals surface area contributed by atoms with Gasteiger partial charge in [-0.25, -0.2) is 0 Å². The van der Waals surface area contributed by atoms with Gasteiger partial charge in [-0.3, -0.25) is 0 Å². The maximum atomic E-state index is 5.20. The van der Waals surface area contributed by atoms with Gasteiger partial charge >= 0.3 is 0 Å². The number of fused-ring (bicyclic) bond motifs is 1. The van der Waals surface area contributed by atoms with Crippen molar-refractivity contribution in [2.45, 2.75) is 33.6 Å². The maximum absolute atomic E-state index is 5.20. The molecule has 0 bridgehead atoms. The molecule has 0 atom stereocenters. The Morgan fingerprint density at radius 3 is 2.24 bits per heavy atom. The van der Waals surface area contributed by atoms with Gasteiger partial charge in [-0.05, 0) is 34.9 Å². The second kappa shape index (κ2) is 6.95. The van der Waals surface area contributed by atoms with Crippen molar-refractivity contribution < 1.29 is 4.74 Å². The summed E-state index contributed by atoms with van der Waals surface area (Å²) in [5, 5.41) is 2.54. The van der Waals surface area contributed by atoms with E-state index in [1.165, 1.54) is 22.8 Å². The monoisotopic (exact) mass is 230 g/mol. The normalized spacial score (nSPS) is 9.65. The molecule has 2 rings (SSSR count). The average Bonchev–Trinajstić information content (AvgIpc) is 2.41. The SMILES string of the molecule is CC.CCCc1ccc2cc(OC)ccc2c1. The number of hydrogen-bond acceptors (Lipinski definition) is 1. The van der Waals surface area contributed by atoms with Gasteiger partial charge in [0.15, 0.2) is 0 Å². The molecule has 2 aromatic rings. The highest BCUT2D eigenvalue weighted by Crippen LogP contribution is 2.22. The lowest BCUT2D eigenvalue weighted by Crippen LogP contribution is -1.85. The maximum Gasteiger partial charge on any atom is 0.119 e. The smallest absolute Gasteiger partial charge is 0.119 e. The van der Waals surface area contributed by atoms with Crippen molar-refractivity contribution in [3.8, 4) is 5.75 Å². The minimum absolute atomic E-state index is 0.922. The van der Waals surface area contributed by atoms with Crippen molar-refractivity contribution in [3.05, 3.63) is 42.0 Å². The molecule has 0 amide bonds. The van der Waals surface area contributed by atoms with Crippen LogP contribution in [-0.4, -0.2) is 7.11 Å². The van der Waals surface area contributed by atoms with Crippen LogP contribution in [0.1, 0.15) is 32.8 Å². The van der Waals surface area contributed by atoms with Gasteiger partial charge in [0.1, 0.15) is 5.75 Å². The van der Waals surface area contributed by atoms with Crippen LogP contribution in [0.25, 0.3) is 10.8 Å². The van der Waals surface area contributed by atoms with Crippen molar-refractivity contribution in [3.63, 3.8) is 0 Å². The summed E-state index contributed by atoms with van der Waals surface area (Å²) in [6.07, 6.45) is 2.35. The van der Waals surface area contributed by atoms with Gasteiger partial charge < -0.3 is 4.74 Å². The standard InChI is InChI=1S/C14H16O.C2H6/c1-3-4-11-5-6-13-10-14(15-2)8-7-12(13)9-11;1-2/h5-10H,3-4H2,1-2H3;1-2H3. The van der Waals surface area contributed by atoms with Crippen LogP contribution in [0.5, 0.6) is 5.75 Å². The second-order valence-electron chi connectivity index (χ2n) is 3.80. The molecule has 0 radical (unpaired) electrons. The molecular formula is C16H22O. The van der Waals surface area contributed by atoms with Crippen LogP contribution >= 0.6 is 0 Å². The molecule has 1 nitrogen and oxygen atoms in total. The number of benzene rings is 2. The summed E-state index contributed by atoms with van der Waals surface area (Å²) >= 11 is 0. The molecule has 0 aliphatic rings. The summed E-state index contributed by atoms with van der Waals surface area (Å²) in [6.45, 7) is 6.21. The molecule has 0 aromatic heterocycles. The van der Waals surface area contributed by atoms with Gasteiger partial charge in [-0.15, -0.1) is 0 Å². The third kappa shape index (κ3) is 3.48. The highest BCUT2D eigenvalue weighted by molar-refractivity contribution is 5.84. The molecular weight excluding hydrogens is 208 g/mol. The Bertz CT molecular complexity index is 460. The van der Waals surface area contributed by atoms with Crippen LogP contribution in [0, 0.1) is 0 Å². The summed E-state index contributed by atoms with van der Waals surface area (Å²) in [7, 11) is 1.70. The largest absolute Gasteiger partial charge is 0.497 e. The van der Waals surface area contributed by atoms with E-state index >= 15 is 0 Å². The predicted octanol–water partition coefficient (Wildman–Crippen LogP) is 4.83. The number of rotatable bonds is 3. The first-order chi connectivity index (χ1) is 8.33. The zero-order chi connectivity index (χ0) is 12.7. The lowest BCUT2D eigenvalue weighted by atomic mass is 10.0. The molecule has 0 unspecified atom stereocenters. The van der Waals surface area contributed by atoms with E-state index < -0.39 is 0 Å². The molecule has 0 aliphatic heterocycles. The summed E-state index contributed by atoms with van der Waals surface area (Å²) in [5.74, 6) is 0.922. The molecule has 2 aromatic carbocycles. The van der Waals surface area contributed by atoms with Crippen LogP contribution in [-0.2, 0) is 6.42 Å².